The van der Waals surface area contributed by atoms with E-state index in [1.165, 1.54) is 0 Å². The highest BCUT2D eigenvalue weighted by Crippen LogP contribution is 2.41. The molecular formula is C15H18F2N2O2. The second kappa shape index (κ2) is 5.35. The molecule has 1 heterocycles. The summed E-state index contributed by atoms with van der Waals surface area (Å²) in [5.74, 6) is -1.46. The molecule has 114 valence electrons. The predicted molar refractivity (Wildman–Crippen MR) is 72.3 cm³/mol. The number of carbonyl (C=O) groups excluding carboxylic acids is 1. The van der Waals surface area contributed by atoms with Gasteiger partial charge in [-0.05, 0) is 30.5 Å². The van der Waals surface area contributed by atoms with Crippen molar-refractivity contribution < 1.29 is 18.7 Å². The lowest BCUT2D eigenvalue weighted by Crippen LogP contribution is -2.27. The van der Waals surface area contributed by atoms with Crippen molar-refractivity contribution in [2.75, 3.05) is 13.1 Å². The summed E-state index contributed by atoms with van der Waals surface area (Å²) in [6, 6.07) is 2.08. The maximum Gasteiger partial charge on any atom is 0.217 e. The largest absolute Gasteiger partial charge is 0.391 e. The molecule has 0 bridgehead atoms. The molecular weight excluding hydrogens is 278 g/mol. The summed E-state index contributed by atoms with van der Waals surface area (Å²) in [7, 11) is 0. The van der Waals surface area contributed by atoms with Crippen LogP contribution >= 0.6 is 0 Å². The van der Waals surface area contributed by atoms with E-state index in [1.807, 2.05) is 4.90 Å². The number of aliphatic hydroxyl groups is 1. The van der Waals surface area contributed by atoms with E-state index in [-0.39, 0.29) is 24.2 Å². The van der Waals surface area contributed by atoms with Crippen LogP contribution in [0.25, 0.3) is 0 Å². The van der Waals surface area contributed by atoms with Crippen LogP contribution in [0.2, 0.25) is 0 Å². The Morgan fingerprint density at radius 3 is 2.76 bits per heavy atom. The SMILES string of the molecule is NC(=O)C[C@@H]1CN(C2CCc3c(F)ccc(F)c32)C[C@H]1O. The van der Waals surface area contributed by atoms with Gasteiger partial charge in [0.1, 0.15) is 11.6 Å². The number of β-amino-alcohol motifs (C(OH)–C–C–N with tert-alkyl or cyclic N) is 1. The normalized spacial score (nSPS) is 28.8. The summed E-state index contributed by atoms with van der Waals surface area (Å²) in [4.78, 5) is 12.9. The number of nitrogens with two attached hydrogens (primary N) is 1. The number of fused-ring (bicyclic) bond motifs is 1. The number of primary amides is 1. The molecule has 21 heavy (non-hydrogen) atoms. The van der Waals surface area contributed by atoms with Crippen LogP contribution < -0.4 is 5.73 Å². The van der Waals surface area contributed by atoms with E-state index in [1.54, 1.807) is 0 Å². The third-order valence-electron chi connectivity index (χ3n) is 4.59. The summed E-state index contributed by atoms with van der Waals surface area (Å²) in [5.41, 5.74) is 6.02. The lowest BCUT2D eigenvalue weighted by atomic mass is 10.0. The van der Waals surface area contributed by atoms with Gasteiger partial charge in [0.15, 0.2) is 0 Å². The number of nitrogens with zero attached hydrogens (tertiary/aromatic N) is 1. The fourth-order valence-electron chi connectivity index (χ4n) is 3.61. The molecule has 0 saturated carbocycles. The molecule has 0 spiro atoms. The molecule has 3 N–H and O–H groups in total. The predicted octanol–water partition coefficient (Wildman–Crippen LogP) is 1.12. The molecule has 0 aromatic heterocycles. The fourth-order valence-corrected chi connectivity index (χ4v) is 3.61. The zero-order valence-corrected chi connectivity index (χ0v) is 11.6. The molecule has 0 radical (unpaired) electrons. The number of carbonyl (C=O) groups is 1. The van der Waals surface area contributed by atoms with Crippen LogP contribution in [-0.4, -0.2) is 35.1 Å². The van der Waals surface area contributed by atoms with Gasteiger partial charge in [-0.2, -0.15) is 0 Å². The van der Waals surface area contributed by atoms with Crippen molar-refractivity contribution in [2.45, 2.75) is 31.4 Å². The average molecular weight is 296 g/mol. The summed E-state index contributed by atoms with van der Waals surface area (Å²) >= 11 is 0. The van der Waals surface area contributed by atoms with Crippen molar-refractivity contribution in [1.82, 2.24) is 4.90 Å². The average Bonchev–Trinajstić information content (AvgIpc) is 2.99. The molecule has 1 unspecified atom stereocenters. The first kappa shape index (κ1) is 14.4. The van der Waals surface area contributed by atoms with Gasteiger partial charge in [-0.3, -0.25) is 9.69 Å². The van der Waals surface area contributed by atoms with E-state index < -0.39 is 17.8 Å². The third kappa shape index (κ3) is 2.53. The van der Waals surface area contributed by atoms with Gasteiger partial charge in [-0.15, -0.1) is 0 Å². The quantitative estimate of drug-likeness (QED) is 0.878. The minimum atomic E-state index is -0.654. The molecule has 3 atom stereocenters. The minimum Gasteiger partial charge on any atom is -0.391 e. The molecule has 1 aliphatic carbocycles. The van der Waals surface area contributed by atoms with E-state index in [0.29, 0.717) is 37.1 Å². The number of halogens is 2. The Bertz CT molecular complexity index is 579. The molecule has 6 heteroatoms. The lowest BCUT2D eigenvalue weighted by Gasteiger charge is -2.25. The maximum absolute atomic E-state index is 14.0. The van der Waals surface area contributed by atoms with Crippen LogP contribution in [0, 0.1) is 17.6 Å². The maximum atomic E-state index is 14.0. The fraction of sp³-hybridized carbons (Fsp3) is 0.533. The van der Waals surface area contributed by atoms with Gasteiger partial charge in [-0.25, -0.2) is 8.78 Å². The Morgan fingerprint density at radius 2 is 2.05 bits per heavy atom. The number of rotatable bonds is 3. The molecule has 1 aromatic rings. The monoisotopic (exact) mass is 296 g/mol. The molecule has 1 saturated heterocycles. The van der Waals surface area contributed by atoms with Gasteiger partial charge in [0, 0.05) is 37.0 Å². The van der Waals surface area contributed by atoms with Crippen molar-refractivity contribution in [2.24, 2.45) is 11.7 Å². The standard InChI is InChI=1S/C15H18F2N2O2/c16-10-2-3-11(17)15-9(10)1-4-12(15)19-6-8(5-14(18)21)13(20)7-19/h2-3,8,12-13,20H,1,4-7H2,(H2,18,21)/t8-,12?,13-/m1/s1. The zero-order chi connectivity index (χ0) is 15.1. The van der Waals surface area contributed by atoms with Gasteiger partial charge in [0.05, 0.1) is 6.10 Å². The van der Waals surface area contributed by atoms with E-state index in [9.17, 15) is 18.7 Å². The van der Waals surface area contributed by atoms with Crippen LogP contribution in [0.4, 0.5) is 8.78 Å². The molecule has 1 aromatic carbocycles. The topological polar surface area (TPSA) is 66.6 Å². The van der Waals surface area contributed by atoms with E-state index >= 15 is 0 Å². The van der Waals surface area contributed by atoms with Crippen LogP contribution in [0.15, 0.2) is 12.1 Å². The molecule has 1 amide bonds. The Hall–Kier alpha value is -1.53. The van der Waals surface area contributed by atoms with E-state index in [2.05, 4.69) is 0 Å². The van der Waals surface area contributed by atoms with Gasteiger partial charge < -0.3 is 10.8 Å². The molecule has 1 aliphatic heterocycles. The summed E-state index contributed by atoms with van der Waals surface area (Å²) in [5, 5.41) is 10.0. The van der Waals surface area contributed by atoms with Gasteiger partial charge in [-0.1, -0.05) is 0 Å². The Balaban J connectivity index is 1.82. The van der Waals surface area contributed by atoms with Crippen molar-refractivity contribution in [1.29, 1.82) is 0 Å². The molecule has 4 nitrogen and oxygen atoms in total. The number of aliphatic hydroxyl groups excluding tert-OH is 1. The molecule has 1 fully saturated rings. The highest BCUT2D eigenvalue weighted by molar-refractivity contribution is 5.74. The van der Waals surface area contributed by atoms with Gasteiger partial charge in [0.2, 0.25) is 5.91 Å². The van der Waals surface area contributed by atoms with Crippen molar-refractivity contribution in [3.63, 3.8) is 0 Å². The lowest BCUT2D eigenvalue weighted by molar-refractivity contribution is -0.119. The van der Waals surface area contributed by atoms with Crippen molar-refractivity contribution in [3.8, 4) is 0 Å². The summed E-state index contributed by atoms with van der Waals surface area (Å²) in [6.45, 7) is 0.835. The Labute approximate surface area is 121 Å². The first-order valence-electron chi connectivity index (χ1n) is 7.14. The van der Waals surface area contributed by atoms with Gasteiger partial charge in [0.25, 0.3) is 0 Å². The first-order chi connectivity index (χ1) is 9.97. The molecule has 3 rings (SSSR count). The van der Waals surface area contributed by atoms with Gasteiger partial charge >= 0.3 is 0 Å². The Kier molecular flexibility index (Phi) is 3.67. The van der Waals surface area contributed by atoms with Crippen LogP contribution in [-0.2, 0) is 11.2 Å². The van der Waals surface area contributed by atoms with Crippen LogP contribution in [0.5, 0.6) is 0 Å². The number of hydrogen-bond acceptors (Lipinski definition) is 3. The second-order valence-electron chi connectivity index (χ2n) is 5.93. The zero-order valence-electron chi connectivity index (χ0n) is 11.6. The number of hydrogen-bond donors (Lipinski definition) is 2. The second-order valence-corrected chi connectivity index (χ2v) is 5.93. The van der Waals surface area contributed by atoms with Crippen molar-refractivity contribution >= 4 is 5.91 Å². The van der Waals surface area contributed by atoms with Crippen LogP contribution in [0.1, 0.15) is 30.0 Å². The smallest absolute Gasteiger partial charge is 0.217 e. The van der Waals surface area contributed by atoms with Crippen LogP contribution in [0.3, 0.4) is 0 Å². The highest BCUT2D eigenvalue weighted by Gasteiger charge is 2.40. The third-order valence-corrected chi connectivity index (χ3v) is 4.59. The Morgan fingerprint density at radius 1 is 1.33 bits per heavy atom. The number of benzene rings is 1. The van der Waals surface area contributed by atoms with E-state index in [0.717, 1.165) is 12.1 Å². The summed E-state index contributed by atoms with van der Waals surface area (Å²) in [6.07, 6.45) is 0.584. The summed E-state index contributed by atoms with van der Waals surface area (Å²) < 4.78 is 27.8. The minimum absolute atomic E-state index is 0.114. The molecule has 2 aliphatic rings. The number of amides is 1. The van der Waals surface area contributed by atoms with Crippen molar-refractivity contribution in [3.05, 3.63) is 34.9 Å². The highest BCUT2D eigenvalue weighted by atomic mass is 19.1. The van der Waals surface area contributed by atoms with E-state index in [4.69, 9.17) is 5.73 Å². The number of likely N-dealkylation sites (tertiary alicyclic amines) is 1. The first-order valence-corrected chi connectivity index (χ1v) is 7.14.